The van der Waals surface area contributed by atoms with Gasteiger partial charge in [-0.15, -0.1) is 0 Å². The van der Waals surface area contributed by atoms with Crippen LogP contribution in [-0.4, -0.2) is 49.2 Å². The van der Waals surface area contributed by atoms with E-state index >= 15 is 0 Å². The number of carbonyl (C=O) groups excluding carboxylic acids is 1. The van der Waals surface area contributed by atoms with Gasteiger partial charge in [0.1, 0.15) is 5.75 Å². The Balaban J connectivity index is 1.76. The van der Waals surface area contributed by atoms with Crippen molar-refractivity contribution >= 4 is 28.2 Å². The highest BCUT2D eigenvalue weighted by Crippen LogP contribution is 2.30. The number of nitrogens with zero attached hydrogens (tertiary/aromatic N) is 2. The largest absolute Gasteiger partial charge is 0.497 e. The first kappa shape index (κ1) is 17.3. The quantitative estimate of drug-likeness (QED) is 0.769. The van der Waals surface area contributed by atoms with Gasteiger partial charge in [-0.25, -0.2) is 0 Å². The second kappa shape index (κ2) is 7.63. The molecule has 1 aromatic heterocycles. The average Bonchev–Trinajstić information content (AvgIpc) is 2.74. The first-order chi connectivity index (χ1) is 13.3. The molecular weight excluding hydrogens is 342 g/mol. The number of ether oxygens (including phenoxy) is 2. The third-order valence-electron chi connectivity index (χ3n) is 4.66. The monoisotopic (exact) mass is 363 g/mol. The molecule has 1 saturated heterocycles. The number of carbonyl (C=O) groups is 1. The van der Waals surface area contributed by atoms with Crippen LogP contribution >= 0.6 is 0 Å². The molecule has 0 radical (unpaired) electrons. The molecule has 1 fully saturated rings. The zero-order valence-corrected chi connectivity index (χ0v) is 15.1. The van der Waals surface area contributed by atoms with E-state index in [1.54, 1.807) is 13.3 Å². The van der Waals surface area contributed by atoms with E-state index < -0.39 is 0 Å². The van der Waals surface area contributed by atoms with Crippen molar-refractivity contribution in [3.05, 3.63) is 60.3 Å². The Bertz CT molecular complexity index is 951. The lowest BCUT2D eigenvalue weighted by atomic mass is 10.1. The highest BCUT2D eigenvalue weighted by molar-refractivity contribution is 6.08. The number of fused-ring (bicyclic) bond motifs is 1. The van der Waals surface area contributed by atoms with Crippen molar-refractivity contribution in [1.29, 1.82) is 0 Å². The Morgan fingerprint density at radius 2 is 1.85 bits per heavy atom. The SMILES string of the molecule is COc1ccc(Nc2c(C(=O)N3CCOCC3)cnc3ccccc23)cc1. The molecule has 0 unspecified atom stereocenters. The molecule has 0 bridgehead atoms. The number of hydrogen-bond donors (Lipinski definition) is 1. The van der Waals surface area contributed by atoms with Gasteiger partial charge in [0.05, 0.1) is 37.1 Å². The van der Waals surface area contributed by atoms with Crippen molar-refractivity contribution in [3.8, 4) is 5.75 Å². The molecular formula is C21H21N3O3. The summed E-state index contributed by atoms with van der Waals surface area (Å²) in [6, 6.07) is 15.4. The van der Waals surface area contributed by atoms with Crippen LogP contribution in [0.15, 0.2) is 54.7 Å². The topological polar surface area (TPSA) is 63.7 Å². The number of methoxy groups -OCH3 is 1. The zero-order valence-electron chi connectivity index (χ0n) is 15.1. The van der Waals surface area contributed by atoms with Crippen molar-refractivity contribution in [2.75, 3.05) is 38.7 Å². The molecule has 0 atom stereocenters. The number of benzene rings is 2. The number of hydrogen-bond acceptors (Lipinski definition) is 5. The van der Waals surface area contributed by atoms with Gasteiger partial charge in [-0.3, -0.25) is 9.78 Å². The Kier molecular flexibility index (Phi) is 4.89. The molecule has 0 saturated carbocycles. The normalized spacial score (nSPS) is 14.2. The second-order valence-corrected chi connectivity index (χ2v) is 6.32. The van der Waals surface area contributed by atoms with Gasteiger partial charge in [-0.2, -0.15) is 0 Å². The minimum absolute atomic E-state index is 0.0347. The van der Waals surface area contributed by atoms with E-state index in [2.05, 4.69) is 10.3 Å². The van der Waals surface area contributed by atoms with Crippen LogP contribution in [0, 0.1) is 0 Å². The summed E-state index contributed by atoms with van der Waals surface area (Å²) in [6.45, 7) is 2.31. The maximum absolute atomic E-state index is 13.1. The summed E-state index contributed by atoms with van der Waals surface area (Å²) in [5, 5.41) is 4.32. The molecule has 1 aliphatic heterocycles. The highest BCUT2D eigenvalue weighted by Gasteiger charge is 2.23. The van der Waals surface area contributed by atoms with E-state index in [0.717, 1.165) is 28.0 Å². The molecule has 1 N–H and O–H groups in total. The highest BCUT2D eigenvalue weighted by atomic mass is 16.5. The van der Waals surface area contributed by atoms with Gasteiger partial charge in [-0.1, -0.05) is 18.2 Å². The van der Waals surface area contributed by atoms with Crippen molar-refractivity contribution < 1.29 is 14.3 Å². The molecule has 27 heavy (non-hydrogen) atoms. The predicted octanol–water partition coefficient (Wildman–Crippen LogP) is 3.46. The molecule has 2 aromatic carbocycles. The van der Waals surface area contributed by atoms with E-state index in [-0.39, 0.29) is 5.91 Å². The number of anilines is 2. The van der Waals surface area contributed by atoms with Gasteiger partial charge < -0.3 is 19.7 Å². The molecule has 0 aliphatic carbocycles. The van der Waals surface area contributed by atoms with Gasteiger partial charge in [0.2, 0.25) is 0 Å². The predicted molar refractivity (Wildman–Crippen MR) is 105 cm³/mol. The fraction of sp³-hybridized carbons (Fsp3) is 0.238. The number of aromatic nitrogens is 1. The lowest BCUT2D eigenvalue weighted by molar-refractivity contribution is 0.0303. The molecule has 6 nitrogen and oxygen atoms in total. The summed E-state index contributed by atoms with van der Waals surface area (Å²) < 4.78 is 10.6. The van der Waals surface area contributed by atoms with Crippen molar-refractivity contribution in [3.63, 3.8) is 0 Å². The number of rotatable bonds is 4. The Labute approximate surface area is 157 Å². The van der Waals surface area contributed by atoms with Crippen LogP contribution in [0.4, 0.5) is 11.4 Å². The number of nitrogens with one attached hydrogen (secondary N) is 1. The summed E-state index contributed by atoms with van der Waals surface area (Å²) >= 11 is 0. The van der Waals surface area contributed by atoms with Crippen molar-refractivity contribution in [1.82, 2.24) is 9.88 Å². The minimum Gasteiger partial charge on any atom is -0.497 e. The van der Waals surface area contributed by atoms with Crippen LogP contribution in [-0.2, 0) is 4.74 Å². The fourth-order valence-corrected chi connectivity index (χ4v) is 3.19. The first-order valence-electron chi connectivity index (χ1n) is 8.92. The zero-order chi connectivity index (χ0) is 18.6. The van der Waals surface area contributed by atoms with E-state index in [1.165, 1.54) is 0 Å². The molecule has 2 heterocycles. The number of pyridine rings is 1. The standard InChI is InChI=1S/C21H21N3O3/c1-26-16-8-6-15(7-9-16)23-20-17-4-2-3-5-19(17)22-14-18(20)21(25)24-10-12-27-13-11-24/h2-9,14H,10-13H2,1H3,(H,22,23). The maximum atomic E-state index is 13.1. The molecule has 1 amide bonds. The van der Waals surface area contributed by atoms with E-state index in [0.29, 0.717) is 31.9 Å². The van der Waals surface area contributed by atoms with Gasteiger partial charge in [-0.05, 0) is 30.3 Å². The second-order valence-electron chi connectivity index (χ2n) is 6.32. The van der Waals surface area contributed by atoms with Gasteiger partial charge in [0.25, 0.3) is 5.91 Å². The summed E-state index contributed by atoms with van der Waals surface area (Å²) in [7, 11) is 1.64. The lowest BCUT2D eigenvalue weighted by Crippen LogP contribution is -2.41. The van der Waals surface area contributed by atoms with Crippen LogP contribution in [0.3, 0.4) is 0 Å². The Morgan fingerprint density at radius 1 is 1.11 bits per heavy atom. The van der Waals surface area contributed by atoms with Gasteiger partial charge in [0.15, 0.2) is 0 Å². The molecule has 4 rings (SSSR count). The van der Waals surface area contributed by atoms with E-state index in [9.17, 15) is 4.79 Å². The molecule has 138 valence electrons. The van der Waals surface area contributed by atoms with Gasteiger partial charge in [0, 0.05) is 30.4 Å². The fourth-order valence-electron chi connectivity index (χ4n) is 3.19. The minimum atomic E-state index is -0.0347. The number of morpholine rings is 1. The Hall–Kier alpha value is -3.12. The molecule has 3 aromatic rings. The van der Waals surface area contributed by atoms with E-state index in [1.807, 2.05) is 53.4 Å². The molecule has 6 heteroatoms. The van der Waals surface area contributed by atoms with Crippen LogP contribution in [0.25, 0.3) is 10.9 Å². The third kappa shape index (κ3) is 3.57. The summed E-state index contributed by atoms with van der Waals surface area (Å²) in [6.07, 6.45) is 1.66. The van der Waals surface area contributed by atoms with Crippen LogP contribution in [0.5, 0.6) is 5.75 Å². The van der Waals surface area contributed by atoms with Crippen molar-refractivity contribution in [2.45, 2.75) is 0 Å². The maximum Gasteiger partial charge on any atom is 0.257 e. The summed E-state index contributed by atoms with van der Waals surface area (Å²) in [4.78, 5) is 19.4. The van der Waals surface area contributed by atoms with Crippen molar-refractivity contribution in [2.24, 2.45) is 0 Å². The van der Waals surface area contributed by atoms with Crippen LogP contribution < -0.4 is 10.1 Å². The summed E-state index contributed by atoms with van der Waals surface area (Å²) in [5.74, 6) is 0.748. The van der Waals surface area contributed by atoms with E-state index in [4.69, 9.17) is 9.47 Å². The number of amides is 1. The van der Waals surface area contributed by atoms with Crippen LogP contribution in [0.1, 0.15) is 10.4 Å². The first-order valence-corrected chi connectivity index (χ1v) is 8.92. The Morgan fingerprint density at radius 3 is 2.59 bits per heavy atom. The summed E-state index contributed by atoms with van der Waals surface area (Å²) in [5.41, 5.74) is 3.05. The lowest BCUT2D eigenvalue weighted by Gasteiger charge is -2.28. The van der Waals surface area contributed by atoms with Crippen LogP contribution in [0.2, 0.25) is 0 Å². The molecule has 1 aliphatic rings. The number of para-hydroxylation sites is 1. The molecule has 0 spiro atoms. The third-order valence-corrected chi connectivity index (χ3v) is 4.66. The smallest absolute Gasteiger partial charge is 0.257 e. The average molecular weight is 363 g/mol. The van der Waals surface area contributed by atoms with Gasteiger partial charge >= 0.3 is 0 Å².